The molecule has 0 spiro atoms. The third-order valence-electron chi connectivity index (χ3n) is 3.78. The van der Waals surface area contributed by atoms with Gasteiger partial charge in [-0.25, -0.2) is 0 Å². The Morgan fingerprint density at radius 3 is 2.83 bits per heavy atom. The predicted molar refractivity (Wildman–Crippen MR) is 76.7 cm³/mol. The molecule has 2 atom stereocenters. The Hall–Kier alpha value is -0.660. The van der Waals surface area contributed by atoms with Crippen LogP contribution in [0.1, 0.15) is 43.8 Å². The van der Waals surface area contributed by atoms with Gasteiger partial charge in [0.25, 0.3) is 0 Å². The van der Waals surface area contributed by atoms with Gasteiger partial charge in [-0.15, -0.1) is 11.6 Å². The zero-order valence-corrected chi connectivity index (χ0v) is 11.7. The number of benzene rings is 1. The average molecular weight is 283 g/mol. The van der Waals surface area contributed by atoms with Gasteiger partial charge in [-0.3, -0.25) is 0 Å². The first kappa shape index (κ1) is 12.4. The average Bonchev–Trinajstić information content (AvgIpc) is 2.67. The maximum atomic E-state index is 6.33. The maximum absolute atomic E-state index is 6.33. The SMILES string of the molecule is Clc1cccc2cc(C3CCCCC(Cl)C3)oc12. The summed E-state index contributed by atoms with van der Waals surface area (Å²) in [5, 5.41) is 2.06. The Balaban J connectivity index is 1.95. The molecule has 0 bridgehead atoms. The molecule has 0 aliphatic heterocycles. The highest BCUT2D eigenvalue weighted by atomic mass is 35.5. The van der Waals surface area contributed by atoms with E-state index in [1.54, 1.807) is 0 Å². The molecule has 2 unspecified atom stereocenters. The smallest absolute Gasteiger partial charge is 0.152 e. The quantitative estimate of drug-likeness (QED) is 0.480. The lowest BCUT2D eigenvalue weighted by molar-refractivity contribution is 0.457. The zero-order chi connectivity index (χ0) is 12.5. The molecular weight excluding hydrogens is 267 g/mol. The molecule has 0 radical (unpaired) electrons. The lowest BCUT2D eigenvalue weighted by Gasteiger charge is -2.12. The topological polar surface area (TPSA) is 13.1 Å². The van der Waals surface area contributed by atoms with Gasteiger partial charge in [-0.1, -0.05) is 36.6 Å². The number of furan rings is 1. The van der Waals surface area contributed by atoms with Crippen molar-refractivity contribution in [2.75, 3.05) is 0 Å². The summed E-state index contributed by atoms with van der Waals surface area (Å²) in [5.41, 5.74) is 0.810. The number of fused-ring (bicyclic) bond motifs is 1. The molecule has 1 nitrogen and oxygen atoms in total. The molecule has 1 aromatic heterocycles. The van der Waals surface area contributed by atoms with Gasteiger partial charge in [0.2, 0.25) is 0 Å². The molecule has 18 heavy (non-hydrogen) atoms. The minimum Gasteiger partial charge on any atom is -0.459 e. The fourth-order valence-corrected chi connectivity index (χ4v) is 3.40. The van der Waals surface area contributed by atoms with Crippen LogP contribution in [0.2, 0.25) is 5.02 Å². The van der Waals surface area contributed by atoms with Gasteiger partial charge in [0.15, 0.2) is 5.58 Å². The van der Waals surface area contributed by atoms with Gasteiger partial charge in [0, 0.05) is 16.7 Å². The van der Waals surface area contributed by atoms with Crippen LogP contribution in [-0.4, -0.2) is 5.38 Å². The van der Waals surface area contributed by atoms with Crippen LogP contribution in [-0.2, 0) is 0 Å². The number of hydrogen-bond donors (Lipinski definition) is 0. The summed E-state index contributed by atoms with van der Waals surface area (Å²) in [5.74, 6) is 1.49. The number of hydrogen-bond acceptors (Lipinski definition) is 1. The van der Waals surface area contributed by atoms with E-state index < -0.39 is 0 Å². The Morgan fingerprint density at radius 1 is 1.17 bits per heavy atom. The Bertz CT molecular complexity index is 546. The largest absolute Gasteiger partial charge is 0.459 e. The third-order valence-corrected chi connectivity index (χ3v) is 4.47. The molecule has 3 rings (SSSR count). The van der Waals surface area contributed by atoms with Crippen molar-refractivity contribution >= 4 is 34.2 Å². The summed E-state index contributed by atoms with van der Waals surface area (Å²) < 4.78 is 5.95. The molecule has 0 amide bonds. The molecule has 1 aliphatic carbocycles. The van der Waals surface area contributed by atoms with Crippen molar-refractivity contribution in [3.8, 4) is 0 Å². The summed E-state index contributed by atoms with van der Waals surface area (Å²) in [4.78, 5) is 0. The highest BCUT2D eigenvalue weighted by Gasteiger charge is 2.23. The number of rotatable bonds is 1. The van der Waals surface area contributed by atoms with Crippen LogP contribution in [0.15, 0.2) is 28.7 Å². The van der Waals surface area contributed by atoms with Gasteiger partial charge in [-0.05, 0) is 31.4 Å². The molecule has 2 aromatic rings. The first-order chi connectivity index (χ1) is 8.74. The van der Waals surface area contributed by atoms with Crippen molar-refractivity contribution in [2.45, 2.75) is 43.4 Å². The van der Waals surface area contributed by atoms with E-state index in [4.69, 9.17) is 27.6 Å². The van der Waals surface area contributed by atoms with E-state index in [2.05, 4.69) is 6.07 Å². The lowest BCUT2D eigenvalue weighted by Crippen LogP contribution is -2.03. The van der Waals surface area contributed by atoms with Crippen LogP contribution in [0.3, 0.4) is 0 Å². The Kier molecular flexibility index (Phi) is 3.54. The van der Waals surface area contributed by atoms with E-state index in [1.165, 1.54) is 19.3 Å². The molecule has 0 saturated heterocycles. The predicted octanol–water partition coefficient (Wildman–Crippen LogP) is 5.74. The van der Waals surface area contributed by atoms with Crippen molar-refractivity contribution in [2.24, 2.45) is 0 Å². The molecule has 1 fully saturated rings. The molecular formula is C15H16Cl2O. The first-order valence-corrected chi connectivity index (χ1v) is 7.37. The van der Waals surface area contributed by atoms with E-state index in [1.807, 2.05) is 18.2 Å². The minimum atomic E-state index is 0.279. The van der Waals surface area contributed by atoms with Crippen LogP contribution in [0.5, 0.6) is 0 Å². The van der Waals surface area contributed by atoms with Crippen LogP contribution >= 0.6 is 23.2 Å². The monoisotopic (exact) mass is 282 g/mol. The third kappa shape index (κ3) is 2.39. The van der Waals surface area contributed by atoms with E-state index in [0.717, 1.165) is 29.6 Å². The maximum Gasteiger partial charge on any atom is 0.152 e. The van der Waals surface area contributed by atoms with E-state index >= 15 is 0 Å². The van der Waals surface area contributed by atoms with Crippen LogP contribution in [0.4, 0.5) is 0 Å². The Labute approximate surface area is 117 Å². The van der Waals surface area contributed by atoms with E-state index in [9.17, 15) is 0 Å². The van der Waals surface area contributed by atoms with Crippen molar-refractivity contribution in [1.29, 1.82) is 0 Å². The molecule has 0 N–H and O–H groups in total. The van der Waals surface area contributed by atoms with Gasteiger partial charge in [0.1, 0.15) is 5.76 Å². The molecule has 3 heteroatoms. The first-order valence-electron chi connectivity index (χ1n) is 6.56. The standard InChI is InChI=1S/C15H16Cl2O/c16-12-6-2-1-4-10(8-12)14-9-11-5-3-7-13(17)15(11)18-14/h3,5,7,9-10,12H,1-2,4,6,8H2. The summed E-state index contributed by atoms with van der Waals surface area (Å²) in [6.45, 7) is 0. The van der Waals surface area contributed by atoms with Gasteiger partial charge in [-0.2, -0.15) is 0 Å². The van der Waals surface area contributed by atoms with Gasteiger partial charge >= 0.3 is 0 Å². The van der Waals surface area contributed by atoms with Crippen molar-refractivity contribution in [3.63, 3.8) is 0 Å². The van der Waals surface area contributed by atoms with E-state index in [-0.39, 0.29) is 5.38 Å². The summed E-state index contributed by atoms with van der Waals surface area (Å²) in [7, 11) is 0. The molecule has 1 aromatic carbocycles. The highest BCUT2D eigenvalue weighted by Crippen LogP contribution is 2.37. The second-order valence-corrected chi connectivity index (χ2v) is 6.15. The van der Waals surface area contributed by atoms with Crippen molar-refractivity contribution in [1.82, 2.24) is 0 Å². The van der Waals surface area contributed by atoms with Crippen molar-refractivity contribution in [3.05, 3.63) is 35.0 Å². The summed E-state index contributed by atoms with van der Waals surface area (Å²) >= 11 is 12.5. The minimum absolute atomic E-state index is 0.279. The second kappa shape index (κ2) is 5.14. The van der Waals surface area contributed by atoms with Crippen molar-refractivity contribution < 1.29 is 4.42 Å². The number of halogens is 2. The Morgan fingerprint density at radius 2 is 2.00 bits per heavy atom. The van der Waals surface area contributed by atoms with E-state index in [0.29, 0.717) is 10.9 Å². The zero-order valence-electron chi connectivity index (χ0n) is 10.2. The molecule has 1 heterocycles. The number of para-hydroxylation sites is 1. The fourth-order valence-electron chi connectivity index (χ4n) is 2.81. The summed E-state index contributed by atoms with van der Waals surface area (Å²) in [6.07, 6.45) is 5.77. The molecule has 1 aliphatic rings. The number of alkyl halides is 1. The fraction of sp³-hybridized carbons (Fsp3) is 0.467. The normalized spacial score (nSPS) is 25.2. The van der Waals surface area contributed by atoms with Crippen LogP contribution < -0.4 is 0 Å². The van der Waals surface area contributed by atoms with Gasteiger partial charge < -0.3 is 4.42 Å². The second-order valence-electron chi connectivity index (χ2n) is 5.12. The summed E-state index contributed by atoms with van der Waals surface area (Å²) in [6, 6.07) is 8.00. The van der Waals surface area contributed by atoms with Gasteiger partial charge in [0.05, 0.1) is 5.02 Å². The van der Waals surface area contributed by atoms with Crippen LogP contribution in [0.25, 0.3) is 11.0 Å². The van der Waals surface area contributed by atoms with Crippen LogP contribution in [0, 0.1) is 0 Å². The highest BCUT2D eigenvalue weighted by molar-refractivity contribution is 6.34. The molecule has 1 saturated carbocycles. The molecule has 96 valence electrons. The lowest BCUT2D eigenvalue weighted by atomic mass is 9.97.